The predicted octanol–water partition coefficient (Wildman–Crippen LogP) is 4.24. The lowest BCUT2D eigenvalue weighted by Crippen LogP contribution is -2.19. The summed E-state index contributed by atoms with van der Waals surface area (Å²) in [6.45, 7) is 3.59. The standard InChI is InChI=1S/C27H28N4O4/c1-33-15-16-34-24-6-4-5-20(17-24)18-31-19-22(9-12-25(31)32)26-28-27(35-29-26)21-7-10-23(11-8-21)30-13-2-3-14-30/h4-12,17,19H,2-3,13-16,18H2,1H3. The Morgan fingerprint density at radius 2 is 1.77 bits per heavy atom. The number of methoxy groups -OCH3 is 1. The summed E-state index contributed by atoms with van der Waals surface area (Å²) in [6, 6.07) is 19.1. The molecule has 35 heavy (non-hydrogen) atoms. The molecule has 180 valence electrons. The number of nitrogens with zero attached hydrogens (tertiary/aromatic N) is 4. The second-order valence-corrected chi connectivity index (χ2v) is 8.54. The predicted molar refractivity (Wildman–Crippen MR) is 134 cm³/mol. The molecule has 0 bridgehead atoms. The van der Waals surface area contributed by atoms with Crippen LogP contribution in [0.25, 0.3) is 22.8 Å². The second-order valence-electron chi connectivity index (χ2n) is 8.54. The molecular weight excluding hydrogens is 444 g/mol. The van der Waals surface area contributed by atoms with Crippen molar-refractivity contribution in [2.45, 2.75) is 19.4 Å². The minimum Gasteiger partial charge on any atom is -0.491 e. The van der Waals surface area contributed by atoms with Gasteiger partial charge < -0.3 is 23.5 Å². The third kappa shape index (κ3) is 5.44. The summed E-state index contributed by atoms with van der Waals surface area (Å²) in [5.41, 5.74) is 3.63. The van der Waals surface area contributed by atoms with Gasteiger partial charge in [0.25, 0.3) is 11.4 Å². The molecule has 0 atom stereocenters. The normalized spacial score (nSPS) is 13.3. The van der Waals surface area contributed by atoms with E-state index in [-0.39, 0.29) is 5.56 Å². The van der Waals surface area contributed by atoms with Crippen molar-refractivity contribution in [2.75, 3.05) is 38.3 Å². The van der Waals surface area contributed by atoms with E-state index in [0.29, 0.717) is 37.0 Å². The van der Waals surface area contributed by atoms with E-state index in [0.717, 1.165) is 30.0 Å². The number of hydrogen-bond acceptors (Lipinski definition) is 7. The summed E-state index contributed by atoms with van der Waals surface area (Å²) in [7, 11) is 1.64. The Morgan fingerprint density at radius 1 is 0.971 bits per heavy atom. The lowest BCUT2D eigenvalue weighted by atomic mass is 10.2. The number of aromatic nitrogens is 3. The van der Waals surface area contributed by atoms with Crippen LogP contribution < -0.4 is 15.2 Å². The smallest absolute Gasteiger partial charge is 0.258 e. The van der Waals surface area contributed by atoms with Gasteiger partial charge in [-0.05, 0) is 60.9 Å². The molecule has 4 aromatic rings. The van der Waals surface area contributed by atoms with Crippen molar-refractivity contribution >= 4 is 5.69 Å². The zero-order valence-electron chi connectivity index (χ0n) is 19.7. The van der Waals surface area contributed by atoms with Crippen molar-refractivity contribution in [3.05, 3.63) is 82.8 Å². The fourth-order valence-corrected chi connectivity index (χ4v) is 4.21. The number of pyridine rings is 1. The van der Waals surface area contributed by atoms with Crippen molar-refractivity contribution in [2.24, 2.45) is 0 Å². The van der Waals surface area contributed by atoms with Crippen molar-refractivity contribution in [1.29, 1.82) is 0 Å². The molecule has 8 nitrogen and oxygen atoms in total. The first kappa shape index (κ1) is 22.9. The van der Waals surface area contributed by atoms with Crippen molar-refractivity contribution in [1.82, 2.24) is 14.7 Å². The first-order valence-corrected chi connectivity index (χ1v) is 11.8. The van der Waals surface area contributed by atoms with Gasteiger partial charge in [0.05, 0.1) is 13.2 Å². The number of ether oxygens (including phenoxy) is 2. The average molecular weight is 473 g/mol. The molecule has 0 radical (unpaired) electrons. The van der Waals surface area contributed by atoms with Gasteiger partial charge in [0.2, 0.25) is 5.82 Å². The number of anilines is 1. The summed E-state index contributed by atoms with van der Waals surface area (Å²) in [6.07, 6.45) is 4.24. The molecule has 2 aromatic carbocycles. The van der Waals surface area contributed by atoms with Gasteiger partial charge in [0, 0.05) is 49.3 Å². The lowest BCUT2D eigenvalue weighted by molar-refractivity contribution is 0.146. The molecule has 1 aliphatic rings. The second kappa shape index (κ2) is 10.6. The Hall–Kier alpha value is -3.91. The molecule has 3 heterocycles. The van der Waals surface area contributed by atoms with E-state index in [2.05, 4.69) is 27.2 Å². The van der Waals surface area contributed by atoms with E-state index in [1.54, 1.807) is 23.9 Å². The van der Waals surface area contributed by atoms with Gasteiger partial charge in [0.1, 0.15) is 12.4 Å². The largest absolute Gasteiger partial charge is 0.491 e. The summed E-state index contributed by atoms with van der Waals surface area (Å²) in [5, 5.41) is 4.15. The lowest BCUT2D eigenvalue weighted by Gasteiger charge is -2.17. The van der Waals surface area contributed by atoms with E-state index in [1.165, 1.54) is 24.6 Å². The SMILES string of the molecule is COCCOc1cccc(Cn2cc(-c3noc(-c4ccc(N5CCCC5)cc4)n3)ccc2=O)c1. The molecule has 0 spiro atoms. The topological polar surface area (TPSA) is 82.6 Å². The summed E-state index contributed by atoms with van der Waals surface area (Å²) in [5.74, 6) is 1.63. The van der Waals surface area contributed by atoms with Crippen LogP contribution in [0, 0.1) is 0 Å². The van der Waals surface area contributed by atoms with E-state index in [1.807, 2.05) is 36.4 Å². The highest BCUT2D eigenvalue weighted by atomic mass is 16.5. The van der Waals surface area contributed by atoms with E-state index in [9.17, 15) is 4.79 Å². The molecule has 0 amide bonds. The third-order valence-electron chi connectivity index (χ3n) is 6.06. The van der Waals surface area contributed by atoms with Crippen LogP contribution in [0.3, 0.4) is 0 Å². The molecule has 0 aliphatic carbocycles. The maximum atomic E-state index is 12.5. The van der Waals surface area contributed by atoms with Gasteiger partial charge >= 0.3 is 0 Å². The Labute approximate surface area is 203 Å². The molecule has 0 saturated carbocycles. The molecule has 1 fully saturated rings. The molecule has 2 aromatic heterocycles. The minimum atomic E-state index is -0.110. The maximum Gasteiger partial charge on any atom is 0.258 e. The van der Waals surface area contributed by atoms with Crippen LogP contribution >= 0.6 is 0 Å². The van der Waals surface area contributed by atoms with Crippen LogP contribution in [0.1, 0.15) is 18.4 Å². The zero-order chi connectivity index (χ0) is 24.0. The first-order valence-electron chi connectivity index (χ1n) is 11.8. The summed E-state index contributed by atoms with van der Waals surface area (Å²) in [4.78, 5) is 19.5. The maximum absolute atomic E-state index is 12.5. The Kier molecular flexibility index (Phi) is 6.90. The van der Waals surface area contributed by atoms with Gasteiger partial charge in [-0.3, -0.25) is 4.79 Å². The quantitative estimate of drug-likeness (QED) is 0.337. The summed E-state index contributed by atoms with van der Waals surface area (Å²) >= 11 is 0. The van der Waals surface area contributed by atoms with Crippen LogP contribution in [0.15, 0.2) is 76.2 Å². The van der Waals surface area contributed by atoms with Crippen molar-refractivity contribution in [3.63, 3.8) is 0 Å². The van der Waals surface area contributed by atoms with Crippen molar-refractivity contribution in [3.8, 4) is 28.6 Å². The van der Waals surface area contributed by atoms with Crippen LogP contribution in [0.5, 0.6) is 5.75 Å². The molecule has 0 unspecified atom stereocenters. The monoisotopic (exact) mass is 472 g/mol. The Bertz CT molecular complexity index is 1320. The molecule has 5 rings (SSSR count). The van der Waals surface area contributed by atoms with Crippen LogP contribution in [0.2, 0.25) is 0 Å². The molecule has 8 heteroatoms. The average Bonchev–Trinajstić information content (AvgIpc) is 3.59. The number of benzene rings is 2. The number of hydrogen-bond donors (Lipinski definition) is 0. The van der Waals surface area contributed by atoms with Crippen LogP contribution in [0.4, 0.5) is 5.69 Å². The summed E-state index contributed by atoms with van der Waals surface area (Å²) < 4.78 is 17.9. The van der Waals surface area contributed by atoms with Gasteiger partial charge in [-0.1, -0.05) is 17.3 Å². The highest BCUT2D eigenvalue weighted by Crippen LogP contribution is 2.26. The number of rotatable bonds is 9. The highest BCUT2D eigenvalue weighted by molar-refractivity contribution is 5.62. The van der Waals surface area contributed by atoms with Crippen LogP contribution in [-0.2, 0) is 11.3 Å². The fraction of sp³-hybridized carbons (Fsp3) is 0.296. The fourth-order valence-electron chi connectivity index (χ4n) is 4.21. The van der Waals surface area contributed by atoms with Crippen molar-refractivity contribution < 1.29 is 14.0 Å². The van der Waals surface area contributed by atoms with E-state index in [4.69, 9.17) is 14.0 Å². The third-order valence-corrected chi connectivity index (χ3v) is 6.06. The highest BCUT2D eigenvalue weighted by Gasteiger charge is 2.15. The Morgan fingerprint density at radius 3 is 2.57 bits per heavy atom. The first-order chi connectivity index (χ1) is 17.2. The molecule has 1 aliphatic heterocycles. The van der Waals surface area contributed by atoms with Gasteiger partial charge in [0.15, 0.2) is 0 Å². The molecule has 1 saturated heterocycles. The van der Waals surface area contributed by atoms with Gasteiger partial charge in [-0.2, -0.15) is 4.98 Å². The molecular formula is C27H28N4O4. The zero-order valence-corrected chi connectivity index (χ0v) is 19.7. The minimum absolute atomic E-state index is 0.110. The van der Waals surface area contributed by atoms with Gasteiger partial charge in [-0.25, -0.2) is 0 Å². The van der Waals surface area contributed by atoms with Gasteiger partial charge in [-0.15, -0.1) is 0 Å². The van der Waals surface area contributed by atoms with Crippen LogP contribution in [-0.4, -0.2) is 48.1 Å². The van der Waals surface area contributed by atoms with E-state index < -0.39 is 0 Å². The molecule has 0 N–H and O–H groups in total. The van der Waals surface area contributed by atoms with E-state index >= 15 is 0 Å². The Balaban J connectivity index is 1.32.